The largest absolute Gasteiger partial charge is 0.345 e. The van der Waals surface area contributed by atoms with Gasteiger partial charge in [0.25, 0.3) is 0 Å². The zero-order valence-corrected chi connectivity index (χ0v) is 19.1. The SMILES string of the molecule is C=C(CC)N1CCc2cc(-c3cc[c-]cc3)ccc21.NCc1ccnnc1.[Y]. The summed E-state index contributed by atoms with van der Waals surface area (Å²) in [5.41, 5.74) is 12.8. The summed E-state index contributed by atoms with van der Waals surface area (Å²) in [7, 11) is 0. The number of aromatic nitrogens is 2. The molecule has 28 heavy (non-hydrogen) atoms. The Labute approximate surface area is 192 Å². The van der Waals surface area contributed by atoms with Crippen molar-refractivity contribution in [3.05, 3.63) is 90.4 Å². The van der Waals surface area contributed by atoms with Gasteiger partial charge in [-0.05, 0) is 41.7 Å². The molecule has 0 unspecified atom stereocenters. The van der Waals surface area contributed by atoms with Crippen molar-refractivity contribution in [3.8, 4) is 11.1 Å². The van der Waals surface area contributed by atoms with Crippen LogP contribution in [-0.2, 0) is 45.7 Å². The maximum atomic E-state index is 5.28. The van der Waals surface area contributed by atoms with Gasteiger partial charge in [-0.15, -0.1) is 5.56 Å². The molecule has 0 fully saturated rings. The third kappa shape index (κ3) is 5.57. The average molecular weight is 446 g/mol. The standard InChI is InChI=1S/C18H18N.C5H7N3.Y/c1-3-14(2)19-12-11-17-13-16(9-10-18(17)19)15-7-5-4-6-8-15;6-3-5-1-2-7-8-4-5;/h5-10,13H,2-3,11-12H2,1H3;1-2,4H,3,6H2;/q-1;;. The van der Waals surface area contributed by atoms with E-state index < -0.39 is 0 Å². The summed E-state index contributed by atoms with van der Waals surface area (Å²) in [6, 6.07) is 19.8. The average Bonchev–Trinajstić information content (AvgIpc) is 3.18. The van der Waals surface area contributed by atoms with E-state index in [1.54, 1.807) is 12.4 Å². The molecule has 1 aromatic heterocycles. The van der Waals surface area contributed by atoms with Crippen molar-refractivity contribution in [2.75, 3.05) is 11.4 Å². The molecule has 1 radical (unpaired) electrons. The molecule has 5 heteroatoms. The Balaban J connectivity index is 0.000000264. The molecule has 3 aromatic rings. The topological polar surface area (TPSA) is 55.0 Å². The first-order valence-corrected chi connectivity index (χ1v) is 9.23. The maximum absolute atomic E-state index is 5.28. The summed E-state index contributed by atoms with van der Waals surface area (Å²) in [4.78, 5) is 2.35. The van der Waals surface area contributed by atoms with Gasteiger partial charge in [0.05, 0.1) is 6.20 Å². The van der Waals surface area contributed by atoms with Gasteiger partial charge in [0.15, 0.2) is 0 Å². The van der Waals surface area contributed by atoms with Crippen LogP contribution in [0, 0.1) is 6.07 Å². The van der Waals surface area contributed by atoms with Crippen LogP contribution in [0.2, 0.25) is 0 Å². The number of nitrogens with two attached hydrogens (primary N) is 1. The van der Waals surface area contributed by atoms with E-state index in [1.807, 2.05) is 18.2 Å². The fraction of sp³-hybridized carbons (Fsp3) is 0.217. The van der Waals surface area contributed by atoms with Gasteiger partial charge in [0.2, 0.25) is 0 Å². The van der Waals surface area contributed by atoms with Crippen molar-refractivity contribution in [2.45, 2.75) is 26.3 Å². The van der Waals surface area contributed by atoms with Crippen LogP contribution in [0.5, 0.6) is 0 Å². The van der Waals surface area contributed by atoms with E-state index in [0.29, 0.717) is 6.54 Å². The first-order valence-electron chi connectivity index (χ1n) is 9.23. The van der Waals surface area contributed by atoms with Crippen LogP contribution >= 0.6 is 0 Å². The van der Waals surface area contributed by atoms with E-state index in [0.717, 1.165) is 24.9 Å². The second-order valence-corrected chi connectivity index (χ2v) is 6.41. The van der Waals surface area contributed by atoms with E-state index in [1.165, 1.54) is 28.1 Å². The number of allylic oxidation sites excluding steroid dienone is 1. The van der Waals surface area contributed by atoms with Gasteiger partial charge in [-0.25, -0.2) is 0 Å². The van der Waals surface area contributed by atoms with Crippen molar-refractivity contribution in [1.29, 1.82) is 0 Å². The summed E-state index contributed by atoms with van der Waals surface area (Å²) in [6.45, 7) is 7.92. The molecular weight excluding hydrogens is 421 g/mol. The predicted molar refractivity (Wildman–Crippen MR) is 111 cm³/mol. The summed E-state index contributed by atoms with van der Waals surface area (Å²) < 4.78 is 0. The normalized spacial score (nSPS) is 11.7. The molecule has 0 atom stereocenters. The Hall–Kier alpha value is -1.88. The Morgan fingerprint density at radius 1 is 1.14 bits per heavy atom. The second-order valence-electron chi connectivity index (χ2n) is 6.41. The minimum atomic E-state index is 0. The van der Waals surface area contributed by atoms with E-state index in [9.17, 15) is 0 Å². The number of benzene rings is 2. The van der Waals surface area contributed by atoms with E-state index in [4.69, 9.17) is 5.73 Å². The minimum absolute atomic E-state index is 0. The predicted octanol–water partition coefficient (Wildman–Crippen LogP) is 4.37. The molecule has 2 heterocycles. The van der Waals surface area contributed by atoms with E-state index >= 15 is 0 Å². The molecule has 0 saturated carbocycles. The van der Waals surface area contributed by atoms with Gasteiger partial charge in [-0.1, -0.05) is 25.6 Å². The van der Waals surface area contributed by atoms with Crippen molar-refractivity contribution < 1.29 is 32.7 Å². The van der Waals surface area contributed by atoms with Crippen molar-refractivity contribution in [2.24, 2.45) is 5.73 Å². The van der Waals surface area contributed by atoms with Gasteiger partial charge in [-0.2, -0.15) is 40.5 Å². The van der Waals surface area contributed by atoms with Gasteiger partial charge < -0.3 is 10.6 Å². The fourth-order valence-electron chi connectivity index (χ4n) is 3.12. The van der Waals surface area contributed by atoms with Crippen molar-refractivity contribution >= 4 is 5.69 Å². The Kier molecular flexibility index (Phi) is 8.97. The molecule has 2 aromatic carbocycles. The van der Waals surface area contributed by atoms with Gasteiger partial charge >= 0.3 is 0 Å². The first-order chi connectivity index (χ1) is 13.2. The Morgan fingerprint density at radius 2 is 1.93 bits per heavy atom. The zero-order chi connectivity index (χ0) is 19.1. The van der Waals surface area contributed by atoms with Gasteiger partial charge in [0, 0.05) is 63.4 Å². The Morgan fingerprint density at radius 3 is 2.54 bits per heavy atom. The summed E-state index contributed by atoms with van der Waals surface area (Å²) >= 11 is 0. The third-order valence-corrected chi connectivity index (χ3v) is 4.70. The smallest absolute Gasteiger partial charge is 0.0541 e. The molecule has 1 aliphatic rings. The van der Waals surface area contributed by atoms with Crippen molar-refractivity contribution in [3.63, 3.8) is 0 Å². The molecule has 0 aliphatic carbocycles. The number of hydrogen-bond acceptors (Lipinski definition) is 4. The molecule has 2 N–H and O–H groups in total. The quantitative estimate of drug-likeness (QED) is 0.605. The van der Waals surface area contributed by atoms with Crippen LogP contribution in [0.4, 0.5) is 5.69 Å². The van der Waals surface area contributed by atoms with Crippen LogP contribution < -0.4 is 10.6 Å². The summed E-state index contributed by atoms with van der Waals surface area (Å²) in [5.74, 6) is 0. The van der Waals surface area contributed by atoms with Crippen molar-refractivity contribution in [1.82, 2.24) is 10.2 Å². The third-order valence-electron chi connectivity index (χ3n) is 4.70. The van der Waals surface area contributed by atoms with Crippen LogP contribution in [0.15, 0.2) is 73.2 Å². The second kappa shape index (κ2) is 11.2. The van der Waals surface area contributed by atoms with Crippen LogP contribution in [-0.4, -0.2) is 16.7 Å². The molecule has 0 bridgehead atoms. The number of nitrogens with zero attached hydrogens (tertiary/aromatic N) is 3. The molecular formula is C23H25N4Y-. The van der Waals surface area contributed by atoms with Gasteiger partial charge in [-0.3, -0.25) is 0 Å². The van der Waals surface area contributed by atoms with Crippen LogP contribution in [0.3, 0.4) is 0 Å². The van der Waals surface area contributed by atoms with E-state index in [2.05, 4.69) is 65.0 Å². The summed E-state index contributed by atoms with van der Waals surface area (Å²) in [6.07, 6.45) is 5.40. The molecule has 0 spiro atoms. The number of anilines is 1. The van der Waals surface area contributed by atoms with Crippen LogP contribution in [0.25, 0.3) is 11.1 Å². The molecule has 0 amide bonds. The number of hydrogen-bond donors (Lipinski definition) is 1. The molecule has 4 rings (SSSR count). The van der Waals surface area contributed by atoms with Crippen LogP contribution in [0.1, 0.15) is 24.5 Å². The molecule has 4 nitrogen and oxygen atoms in total. The monoisotopic (exact) mass is 446 g/mol. The maximum Gasteiger partial charge on any atom is 0.0541 e. The number of rotatable bonds is 4. The molecule has 0 saturated heterocycles. The fourth-order valence-corrected chi connectivity index (χ4v) is 3.12. The minimum Gasteiger partial charge on any atom is -0.345 e. The molecule has 1 aliphatic heterocycles. The van der Waals surface area contributed by atoms with E-state index in [-0.39, 0.29) is 32.7 Å². The Bertz CT molecular complexity index is 882. The first kappa shape index (κ1) is 22.4. The summed E-state index contributed by atoms with van der Waals surface area (Å²) in [5, 5.41) is 7.21. The zero-order valence-electron chi connectivity index (χ0n) is 16.3. The van der Waals surface area contributed by atoms with Gasteiger partial charge in [0.1, 0.15) is 0 Å². The number of fused-ring (bicyclic) bond motifs is 1. The molecule has 141 valence electrons.